The van der Waals surface area contributed by atoms with E-state index in [0.29, 0.717) is 13.2 Å². The van der Waals surface area contributed by atoms with Crippen LogP contribution in [-0.4, -0.2) is 50.4 Å². The standard InChI is InChI=1S/C18H27N3O3.HI/c1-3-19-18(21-9-6-14(2)7-10-21)20-8-11-22-15-4-5-16-17(12-15)24-13-23-16;/h4-5,12,14H,3,6-11,13H2,1-2H3,(H,19,20);1H. The molecule has 1 fully saturated rings. The zero-order valence-electron chi connectivity index (χ0n) is 15.0. The molecule has 2 aliphatic rings. The topological polar surface area (TPSA) is 55.3 Å². The number of fused-ring (bicyclic) bond motifs is 1. The van der Waals surface area contributed by atoms with Gasteiger partial charge in [-0.2, -0.15) is 0 Å². The Morgan fingerprint density at radius 1 is 1.28 bits per heavy atom. The highest BCUT2D eigenvalue weighted by atomic mass is 127. The zero-order valence-corrected chi connectivity index (χ0v) is 17.3. The number of nitrogens with one attached hydrogen (secondary N) is 1. The Hall–Kier alpha value is -1.38. The molecule has 2 heterocycles. The number of hydrogen-bond donors (Lipinski definition) is 1. The van der Waals surface area contributed by atoms with E-state index in [9.17, 15) is 0 Å². The van der Waals surface area contributed by atoms with E-state index in [1.807, 2.05) is 18.2 Å². The second-order valence-corrected chi connectivity index (χ2v) is 6.27. The van der Waals surface area contributed by atoms with Gasteiger partial charge in [0.25, 0.3) is 0 Å². The van der Waals surface area contributed by atoms with Gasteiger partial charge in [-0.1, -0.05) is 6.92 Å². The minimum Gasteiger partial charge on any atom is -0.492 e. The van der Waals surface area contributed by atoms with Crippen LogP contribution in [0.2, 0.25) is 0 Å². The van der Waals surface area contributed by atoms with Gasteiger partial charge in [-0.25, -0.2) is 4.99 Å². The highest BCUT2D eigenvalue weighted by Gasteiger charge is 2.18. The molecule has 0 bridgehead atoms. The highest BCUT2D eigenvalue weighted by molar-refractivity contribution is 14.0. The summed E-state index contributed by atoms with van der Waals surface area (Å²) < 4.78 is 16.4. The first-order chi connectivity index (χ1) is 11.8. The third-order valence-electron chi connectivity index (χ3n) is 4.38. The molecule has 0 saturated carbocycles. The minimum atomic E-state index is 0. The van der Waals surface area contributed by atoms with E-state index in [1.165, 1.54) is 12.8 Å². The fourth-order valence-corrected chi connectivity index (χ4v) is 2.93. The van der Waals surface area contributed by atoms with Gasteiger partial charge < -0.3 is 24.4 Å². The van der Waals surface area contributed by atoms with Crippen LogP contribution in [0.15, 0.2) is 23.2 Å². The van der Waals surface area contributed by atoms with Crippen LogP contribution in [0.4, 0.5) is 0 Å². The monoisotopic (exact) mass is 461 g/mol. The molecule has 1 aromatic rings. The summed E-state index contributed by atoms with van der Waals surface area (Å²) in [6.07, 6.45) is 2.47. The van der Waals surface area contributed by atoms with Crippen LogP contribution in [0.1, 0.15) is 26.7 Å². The zero-order chi connectivity index (χ0) is 16.8. The lowest BCUT2D eigenvalue weighted by molar-refractivity contribution is 0.173. The number of aliphatic imine (C=N–C) groups is 1. The molecule has 1 N–H and O–H groups in total. The number of piperidine rings is 1. The molecular formula is C18H28IN3O3. The number of halogens is 1. The summed E-state index contributed by atoms with van der Waals surface area (Å²) in [5, 5.41) is 3.38. The second-order valence-electron chi connectivity index (χ2n) is 6.27. The Morgan fingerprint density at radius 2 is 2.04 bits per heavy atom. The largest absolute Gasteiger partial charge is 0.492 e. The van der Waals surface area contributed by atoms with Crippen molar-refractivity contribution in [3.8, 4) is 17.2 Å². The molecule has 25 heavy (non-hydrogen) atoms. The van der Waals surface area contributed by atoms with Crippen LogP contribution in [0, 0.1) is 5.92 Å². The Morgan fingerprint density at radius 3 is 2.80 bits per heavy atom. The molecule has 7 heteroatoms. The van der Waals surface area contributed by atoms with Crippen molar-refractivity contribution in [3.63, 3.8) is 0 Å². The van der Waals surface area contributed by atoms with Crippen LogP contribution >= 0.6 is 24.0 Å². The van der Waals surface area contributed by atoms with Crippen molar-refractivity contribution in [3.05, 3.63) is 18.2 Å². The van der Waals surface area contributed by atoms with Gasteiger partial charge in [0.05, 0.1) is 6.54 Å². The summed E-state index contributed by atoms with van der Waals surface area (Å²) in [5.74, 6) is 4.12. The van der Waals surface area contributed by atoms with Gasteiger partial charge in [-0.3, -0.25) is 0 Å². The number of rotatable bonds is 5. The van der Waals surface area contributed by atoms with Crippen LogP contribution in [0.3, 0.4) is 0 Å². The molecule has 0 radical (unpaired) electrons. The maximum atomic E-state index is 5.78. The Labute approximate surface area is 166 Å². The SMILES string of the molecule is CCNC(=NCCOc1ccc2c(c1)OCO2)N1CCC(C)CC1.I. The first-order valence-corrected chi connectivity index (χ1v) is 8.82. The van der Waals surface area contributed by atoms with E-state index in [4.69, 9.17) is 19.2 Å². The van der Waals surface area contributed by atoms with Crippen LogP contribution < -0.4 is 19.5 Å². The average molecular weight is 461 g/mol. The predicted molar refractivity (Wildman–Crippen MR) is 109 cm³/mol. The highest BCUT2D eigenvalue weighted by Crippen LogP contribution is 2.34. The molecule has 1 aromatic carbocycles. The molecule has 6 nitrogen and oxygen atoms in total. The van der Waals surface area contributed by atoms with Crippen molar-refractivity contribution in [1.82, 2.24) is 10.2 Å². The fourth-order valence-electron chi connectivity index (χ4n) is 2.93. The van der Waals surface area contributed by atoms with Crippen molar-refractivity contribution < 1.29 is 14.2 Å². The molecule has 0 unspecified atom stereocenters. The number of likely N-dealkylation sites (tertiary alicyclic amines) is 1. The second kappa shape index (κ2) is 9.94. The first-order valence-electron chi connectivity index (χ1n) is 8.82. The Kier molecular flexibility index (Phi) is 7.92. The molecular weight excluding hydrogens is 433 g/mol. The van der Waals surface area contributed by atoms with Gasteiger partial charge in [0, 0.05) is 25.7 Å². The summed E-state index contributed by atoms with van der Waals surface area (Å²) in [5.41, 5.74) is 0. The van der Waals surface area contributed by atoms with Gasteiger partial charge >= 0.3 is 0 Å². The van der Waals surface area contributed by atoms with Crippen molar-refractivity contribution in [2.24, 2.45) is 10.9 Å². The molecule has 0 spiro atoms. The van der Waals surface area contributed by atoms with Gasteiger partial charge in [0.2, 0.25) is 6.79 Å². The first kappa shape index (κ1) is 19.9. The minimum absolute atomic E-state index is 0. The smallest absolute Gasteiger partial charge is 0.231 e. The summed E-state index contributed by atoms with van der Waals surface area (Å²) in [6.45, 7) is 8.91. The molecule has 1 saturated heterocycles. The lowest BCUT2D eigenvalue weighted by Gasteiger charge is -2.33. The summed E-state index contributed by atoms with van der Waals surface area (Å²) >= 11 is 0. The number of ether oxygens (including phenoxy) is 3. The normalized spacial score (nSPS) is 17.2. The fraction of sp³-hybridized carbons (Fsp3) is 0.611. The Balaban J connectivity index is 0.00000225. The maximum Gasteiger partial charge on any atom is 0.231 e. The lowest BCUT2D eigenvalue weighted by atomic mass is 10.00. The summed E-state index contributed by atoms with van der Waals surface area (Å²) in [6, 6.07) is 5.64. The molecule has 2 aliphatic heterocycles. The van der Waals surface area contributed by atoms with Gasteiger partial charge in [-0.05, 0) is 37.8 Å². The molecule has 140 valence electrons. The van der Waals surface area contributed by atoms with Crippen molar-refractivity contribution in [2.75, 3.05) is 39.6 Å². The van der Waals surface area contributed by atoms with Crippen LogP contribution in [-0.2, 0) is 0 Å². The molecule has 0 atom stereocenters. The number of guanidine groups is 1. The summed E-state index contributed by atoms with van der Waals surface area (Å²) in [4.78, 5) is 7.05. The maximum absolute atomic E-state index is 5.78. The van der Waals surface area contributed by atoms with Gasteiger partial charge in [0.15, 0.2) is 17.5 Å². The third-order valence-corrected chi connectivity index (χ3v) is 4.38. The van der Waals surface area contributed by atoms with E-state index in [2.05, 4.69) is 24.1 Å². The third kappa shape index (κ3) is 5.55. The van der Waals surface area contributed by atoms with Crippen molar-refractivity contribution >= 4 is 29.9 Å². The van der Waals surface area contributed by atoms with Crippen LogP contribution in [0.5, 0.6) is 17.2 Å². The quantitative estimate of drug-likeness (QED) is 0.316. The number of hydrogen-bond acceptors (Lipinski definition) is 4. The predicted octanol–water partition coefficient (Wildman–Crippen LogP) is 3.11. The number of nitrogens with zero attached hydrogens (tertiary/aromatic N) is 2. The average Bonchev–Trinajstić information content (AvgIpc) is 3.06. The van der Waals surface area contributed by atoms with E-state index in [0.717, 1.165) is 48.8 Å². The Bertz CT molecular complexity index is 575. The molecule has 0 amide bonds. The van der Waals surface area contributed by atoms with Gasteiger partial charge in [-0.15, -0.1) is 24.0 Å². The van der Waals surface area contributed by atoms with E-state index in [-0.39, 0.29) is 30.8 Å². The number of benzene rings is 1. The lowest BCUT2D eigenvalue weighted by Crippen LogP contribution is -2.45. The van der Waals surface area contributed by atoms with Crippen molar-refractivity contribution in [1.29, 1.82) is 0 Å². The van der Waals surface area contributed by atoms with Gasteiger partial charge in [0.1, 0.15) is 12.4 Å². The van der Waals surface area contributed by atoms with Crippen LogP contribution in [0.25, 0.3) is 0 Å². The van der Waals surface area contributed by atoms with E-state index in [1.54, 1.807) is 0 Å². The van der Waals surface area contributed by atoms with Crippen molar-refractivity contribution in [2.45, 2.75) is 26.7 Å². The molecule has 0 aromatic heterocycles. The van der Waals surface area contributed by atoms with E-state index < -0.39 is 0 Å². The molecule has 0 aliphatic carbocycles. The molecule has 3 rings (SSSR count). The van der Waals surface area contributed by atoms with E-state index >= 15 is 0 Å². The summed E-state index contributed by atoms with van der Waals surface area (Å²) in [7, 11) is 0.